The predicted octanol–water partition coefficient (Wildman–Crippen LogP) is 6.91. The summed E-state index contributed by atoms with van der Waals surface area (Å²) < 4.78 is 49.7. The fraction of sp³-hybridized carbons (Fsp3) is 0.511. The van der Waals surface area contributed by atoms with Gasteiger partial charge in [-0.1, -0.05) is 48.0 Å². The molecule has 2 saturated heterocycles. The number of nitrogens with one attached hydrogen (secondary N) is 1. The Kier molecular flexibility index (Phi) is 16.6. The van der Waals surface area contributed by atoms with Crippen LogP contribution in [-0.2, 0) is 41.7 Å². The Hall–Kier alpha value is -5.07. The molecule has 15 nitrogen and oxygen atoms in total. The second-order valence-electron chi connectivity index (χ2n) is 16.2. The maximum absolute atomic E-state index is 15.4. The number of piperidine rings is 2. The van der Waals surface area contributed by atoms with Crippen molar-refractivity contribution in [2.45, 2.75) is 95.3 Å². The molecule has 5 unspecified atom stereocenters. The number of rotatable bonds is 20. The fourth-order valence-electron chi connectivity index (χ4n) is 8.81. The second-order valence-corrected chi connectivity index (χ2v) is 16.6. The molecular weight excluding hydrogens is 846 g/mol. The van der Waals surface area contributed by atoms with Crippen molar-refractivity contribution in [3.05, 3.63) is 93.5 Å². The summed E-state index contributed by atoms with van der Waals surface area (Å²) in [5.74, 6) is -4.04. The van der Waals surface area contributed by atoms with Crippen molar-refractivity contribution in [3.63, 3.8) is 0 Å². The van der Waals surface area contributed by atoms with Crippen LogP contribution in [0.15, 0.2) is 54.6 Å². The molecule has 18 heteroatoms. The molecule has 1 aliphatic carbocycles. The topological polar surface area (TPSA) is 177 Å². The van der Waals surface area contributed by atoms with E-state index in [4.69, 9.17) is 41.0 Å². The molecule has 2 heterocycles. The average molecular weight is 901 g/mol. The maximum atomic E-state index is 15.4. The summed E-state index contributed by atoms with van der Waals surface area (Å²) in [5.41, 5.74) is 3.68. The number of carbonyl (C=O) groups is 4. The Bertz CT molecular complexity index is 2070. The van der Waals surface area contributed by atoms with Crippen LogP contribution in [0.3, 0.4) is 0 Å². The number of hydrogen-bond acceptors (Lipinski definition) is 12. The molecule has 342 valence electrons. The smallest absolute Gasteiger partial charge is 0.410 e. The SMILES string of the molecule is COC(=O)CNC(=O)C1CC2CC(c3ccc(CCCOc4c(F)ccc(F)c4Cl)cc3)C(C(=O)N(Cc3ccc(OC)c(C)c3)C3CC3)C(C1)N2C(=O)OCCCCON(O)O. The number of fused-ring (bicyclic) bond motifs is 2. The molecule has 3 N–H and O–H groups in total. The van der Waals surface area contributed by atoms with Crippen LogP contribution >= 0.6 is 11.6 Å². The van der Waals surface area contributed by atoms with E-state index in [2.05, 4.69) is 10.2 Å². The number of hydrogen-bond donors (Lipinski definition) is 3. The normalized spacial score (nSPS) is 20.5. The second kappa shape index (κ2) is 22.0. The van der Waals surface area contributed by atoms with Gasteiger partial charge in [-0.25, -0.2) is 13.6 Å². The van der Waals surface area contributed by atoms with E-state index >= 15 is 4.79 Å². The van der Waals surface area contributed by atoms with E-state index in [1.165, 1.54) is 7.11 Å². The number of carbonyl (C=O) groups excluding carboxylic acids is 4. The van der Waals surface area contributed by atoms with Gasteiger partial charge in [-0.3, -0.25) is 29.6 Å². The molecule has 1 saturated carbocycles. The van der Waals surface area contributed by atoms with Crippen LogP contribution in [0.1, 0.15) is 79.5 Å². The third kappa shape index (κ3) is 12.1. The summed E-state index contributed by atoms with van der Waals surface area (Å²) in [6.07, 6.45) is 3.50. The first-order valence-corrected chi connectivity index (χ1v) is 21.6. The molecule has 0 spiro atoms. The van der Waals surface area contributed by atoms with Crippen molar-refractivity contribution in [1.82, 2.24) is 20.5 Å². The lowest BCUT2D eigenvalue weighted by atomic mass is 9.65. The molecule has 3 amide bonds. The molecule has 3 aromatic carbocycles. The number of aryl methyl sites for hydroxylation is 2. The zero-order chi connectivity index (χ0) is 45.2. The number of benzene rings is 3. The Labute approximate surface area is 370 Å². The number of methoxy groups -OCH3 is 2. The molecule has 0 aromatic heterocycles. The van der Waals surface area contributed by atoms with Crippen molar-refractivity contribution in [1.29, 1.82) is 0 Å². The number of nitrogens with zero attached hydrogens (tertiary/aromatic N) is 3. The molecule has 63 heavy (non-hydrogen) atoms. The van der Waals surface area contributed by atoms with Crippen LogP contribution in [-0.4, -0.2) is 108 Å². The largest absolute Gasteiger partial charge is 0.496 e. The summed E-state index contributed by atoms with van der Waals surface area (Å²) >= 11 is 5.92. The van der Waals surface area contributed by atoms with Crippen molar-refractivity contribution in [2.24, 2.45) is 11.8 Å². The molecule has 2 aliphatic heterocycles. The number of unbranched alkanes of at least 4 members (excludes halogenated alkanes) is 1. The predicted molar refractivity (Wildman–Crippen MR) is 223 cm³/mol. The highest BCUT2D eigenvalue weighted by molar-refractivity contribution is 6.32. The average Bonchev–Trinajstić information content (AvgIpc) is 4.12. The Morgan fingerprint density at radius 3 is 2.29 bits per heavy atom. The van der Waals surface area contributed by atoms with Gasteiger partial charge in [0.05, 0.1) is 45.3 Å². The van der Waals surface area contributed by atoms with E-state index in [0.717, 1.165) is 53.0 Å². The lowest BCUT2D eigenvalue weighted by Gasteiger charge is -2.54. The van der Waals surface area contributed by atoms with Crippen LogP contribution in [0.4, 0.5) is 13.6 Å². The van der Waals surface area contributed by atoms with Gasteiger partial charge in [0.2, 0.25) is 11.8 Å². The minimum atomic E-state index is -0.788. The Balaban J connectivity index is 1.28. The summed E-state index contributed by atoms with van der Waals surface area (Å²) in [5, 5.41) is 19.5. The van der Waals surface area contributed by atoms with Crippen molar-refractivity contribution < 1.29 is 62.2 Å². The van der Waals surface area contributed by atoms with E-state index in [0.29, 0.717) is 38.6 Å². The van der Waals surface area contributed by atoms with Gasteiger partial charge in [-0.2, -0.15) is 0 Å². The third-order valence-electron chi connectivity index (χ3n) is 12.0. The number of esters is 1. The first kappa shape index (κ1) is 47.4. The summed E-state index contributed by atoms with van der Waals surface area (Å²) in [7, 11) is 2.83. The molecule has 2 bridgehead atoms. The highest BCUT2D eigenvalue weighted by atomic mass is 35.5. The van der Waals surface area contributed by atoms with Crippen LogP contribution in [0, 0.1) is 30.4 Å². The van der Waals surface area contributed by atoms with Gasteiger partial charge >= 0.3 is 12.1 Å². The van der Waals surface area contributed by atoms with Crippen molar-refractivity contribution in [2.75, 3.05) is 40.6 Å². The summed E-state index contributed by atoms with van der Waals surface area (Å²) in [4.78, 5) is 63.4. The lowest BCUT2D eigenvalue weighted by molar-refractivity contribution is -0.492. The van der Waals surface area contributed by atoms with E-state index in [1.54, 1.807) is 12.0 Å². The summed E-state index contributed by atoms with van der Waals surface area (Å²) in [6, 6.07) is 14.3. The first-order chi connectivity index (χ1) is 30.3. The van der Waals surface area contributed by atoms with E-state index in [1.807, 2.05) is 54.3 Å². The molecule has 5 atom stereocenters. The molecule has 3 aromatic rings. The third-order valence-corrected chi connectivity index (χ3v) is 12.4. The van der Waals surface area contributed by atoms with Crippen LogP contribution < -0.4 is 14.8 Å². The van der Waals surface area contributed by atoms with Crippen LogP contribution in [0.2, 0.25) is 5.02 Å². The fourth-order valence-corrected chi connectivity index (χ4v) is 9.02. The van der Waals surface area contributed by atoms with Gasteiger partial charge < -0.3 is 34.1 Å². The van der Waals surface area contributed by atoms with Gasteiger partial charge in [0.25, 0.3) is 0 Å². The number of ether oxygens (including phenoxy) is 4. The first-order valence-electron chi connectivity index (χ1n) is 21.2. The van der Waals surface area contributed by atoms with Gasteiger partial charge in [0, 0.05) is 30.6 Å². The highest BCUT2D eigenvalue weighted by Gasteiger charge is 2.55. The van der Waals surface area contributed by atoms with Gasteiger partial charge in [0.15, 0.2) is 11.6 Å². The Morgan fingerprint density at radius 1 is 0.889 bits per heavy atom. The lowest BCUT2D eigenvalue weighted by Crippen LogP contribution is -2.64. The molecule has 3 aliphatic rings. The van der Waals surface area contributed by atoms with Crippen LogP contribution in [0.25, 0.3) is 0 Å². The van der Waals surface area contributed by atoms with Crippen molar-refractivity contribution in [3.8, 4) is 11.5 Å². The molecular formula is C45H55ClF2N4O11. The maximum Gasteiger partial charge on any atom is 0.410 e. The van der Waals surface area contributed by atoms with Crippen molar-refractivity contribution >= 4 is 35.5 Å². The number of amides is 3. The van der Waals surface area contributed by atoms with Gasteiger partial charge in [0.1, 0.15) is 23.1 Å². The van der Waals surface area contributed by atoms with Gasteiger partial charge in [-0.05, 0) is 111 Å². The number of halogens is 3. The zero-order valence-corrected chi connectivity index (χ0v) is 36.4. The Morgan fingerprint density at radius 2 is 1.60 bits per heavy atom. The molecule has 6 rings (SSSR count). The minimum absolute atomic E-state index is 0.00180. The van der Waals surface area contributed by atoms with E-state index < -0.39 is 52.6 Å². The minimum Gasteiger partial charge on any atom is -0.496 e. The molecule has 3 fully saturated rings. The summed E-state index contributed by atoms with van der Waals surface area (Å²) in [6.45, 7) is 2.01. The van der Waals surface area contributed by atoms with Gasteiger partial charge in [-0.15, -0.1) is 0 Å². The standard InChI is InChI=1S/C45H55ClF2N4O11/c1-27-21-29(10-17-38(27)59-2)26-50(32-13-14-32)44(55)40-34(30-11-8-28(9-12-30)7-6-19-61-42-36(48)16-15-35(47)41(42)46)24-33-22-31(43(54)49-25-39(53)60-3)23-37(40)51(33)45(56)62-18-4-5-20-63-52(57)58/h8-12,15-17,21,31-34,37,40,57-58H,4-7,13-14,18-20,22-26H2,1-3H3,(H,49,54). The molecule has 0 radical (unpaired) electrons. The van der Waals surface area contributed by atoms with E-state index in [-0.39, 0.29) is 74.1 Å². The van der Waals surface area contributed by atoms with Crippen LogP contribution in [0.5, 0.6) is 11.5 Å². The monoisotopic (exact) mass is 900 g/mol. The quantitative estimate of drug-likeness (QED) is 0.0463. The van der Waals surface area contributed by atoms with E-state index in [9.17, 15) is 23.2 Å². The highest BCUT2D eigenvalue weighted by Crippen LogP contribution is 2.49. The zero-order valence-electron chi connectivity index (χ0n) is 35.6.